The van der Waals surface area contributed by atoms with Crippen LogP contribution in [0.5, 0.6) is 0 Å². The van der Waals surface area contributed by atoms with E-state index in [9.17, 15) is 10.1 Å². The summed E-state index contributed by atoms with van der Waals surface area (Å²) in [7, 11) is 0. The predicted octanol–water partition coefficient (Wildman–Crippen LogP) is 4.05. The third kappa shape index (κ3) is 1.76. The molecule has 2 heterocycles. The average Bonchev–Trinajstić information content (AvgIpc) is 2.98. The van der Waals surface area contributed by atoms with Crippen LogP contribution in [0.3, 0.4) is 0 Å². The maximum Gasteiger partial charge on any atom is 0.291 e. The zero-order valence-corrected chi connectivity index (χ0v) is 10.4. The summed E-state index contributed by atoms with van der Waals surface area (Å²) in [5.41, 5.74) is 1.34. The molecule has 20 heavy (non-hydrogen) atoms. The fourth-order valence-corrected chi connectivity index (χ4v) is 2.21. The summed E-state index contributed by atoms with van der Waals surface area (Å²) in [6, 6.07) is 10.3. The van der Waals surface area contributed by atoms with Crippen molar-refractivity contribution >= 4 is 22.7 Å². The Morgan fingerprint density at radius 3 is 2.70 bits per heavy atom. The smallest absolute Gasteiger partial charge is 0.291 e. The van der Waals surface area contributed by atoms with Crippen LogP contribution in [0.1, 0.15) is 5.69 Å². The van der Waals surface area contributed by atoms with Gasteiger partial charge in [0.25, 0.3) is 5.69 Å². The van der Waals surface area contributed by atoms with Crippen LogP contribution in [0.25, 0.3) is 28.3 Å². The minimum absolute atomic E-state index is 0.0135. The molecule has 0 spiro atoms. The van der Waals surface area contributed by atoms with Crippen LogP contribution < -0.4 is 0 Å². The lowest BCUT2D eigenvalue weighted by Crippen LogP contribution is -1.98. The van der Waals surface area contributed by atoms with Gasteiger partial charge in [0.15, 0.2) is 0 Å². The van der Waals surface area contributed by atoms with Gasteiger partial charge in [0, 0.05) is 0 Å². The summed E-state index contributed by atoms with van der Waals surface area (Å²) in [4.78, 5) is 15.5. The first-order chi connectivity index (χ1) is 9.72. The van der Waals surface area contributed by atoms with Gasteiger partial charge in [-0.2, -0.15) is 0 Å². The summed E-state index contributed by atoms with van der Waals surface area (Å²) in [5.74, 6) is 0.407. The summed E-state index contributed by atoms with van der Waals surface area (Å²) in [5, 5.41) is 12.0. The van der Waals surface area contributed by atoms with E-state index in [2.05, 4.69) is 11.6 Å². The third-order valence-corrected chi connectivity index (χ3v) is 3.04. The number of hydrogen-bond donors (Lipinski definition) is 0. The van der Waals surface area contributed by atoms with Crippen LogP contribution in [0, 0.1) is 10.1 Å². The Balaban J connectivity index is 2.50. The summed E-state index contributed by atoms with van der Waals surface area (Å²) in [6.07, 6.45) is 2.97. The number of aromatic nitrogens is 1. The van der Waals surface area contributed by atoms with Gasteiger partial charge in [-0.1, -0.05) is 18.7 Å². The zero-order valence-electron chi connectivity index (χ0n) is 10.4. The Labute approximate surface area is 114 Å². The molecule has 5 nitrogen and oxygen atoms in total. The van der Waals surface area contributed by atoms with Crippen molar-refractivity contribution in [3.05, 3.63) is 65.0 Å². The minimum Gasteiger partial charge on any atom is -0.464 e. The van der Waals surface area contributed by atoms with Crippen molar-refractivity contribution in [1.29, 1.82) is 0 Å². The van der Waals surface area contributed by atoms with Gasteiger partial charge in [0.2, 0.25) is 0 Å². The van der Waals surface area contributed by atoms with Gasteiger partial charge in [-0.15, -0.1) is 0 Å². The fraction of sp³-hybridized carbons (Fsp3) is 0. The minimum atomic E-state index is -0.408. The summed E-state index contributed by atoms with van der Waals surface area (Å²) >= 11 is 0. The van der Waals surface area contributed by atoms with Gasteiger partial charge in [0.1, 0.15) is 11.3 Å². The van der Waals surface area contributed by atoms with Gasteiger partial charge >= 0.3 is 0 Å². The fourth-order valence-electron chi connectivity index (χ4n) is 2.21. The van der Waals surface area contributed by atoms with Gasteiger partial charge in [-0.25, -0.2) is 4.98 Å². The molecule has 0 saturated heterocycles. The topological polar surface area (TPSA) is 69.2 Å². The van der Waals surface area contributed by atoms with Gasteiger partial charge in [-0.05, 0) is 30.3 Å². The maximum absolute atomic E-state index is 11.5. The van der Waals surface area contributed by atoms with E-state index in [1.807, 2.05) is 0 Å². The molecule has 3 rings (SSSR count). The monoisotopic (exact) mass is 266 g/mol. The van der Waals surface area contributed by atoms with Crippen molar-refractivity contribution in [2.45, 2.75) is 0 Å². The second kappa shape index (κ2) is 4.62. The van der Waals surface area contributed by atoms with E-state index in [1.54, 1.807) is 36.4 Å². The van der Waals surface area contributed by atoms with Crippen molar-refractivity contribution in [1.82, 2.24) is 4.98 Å². The molecule has 0 N–H and O–H groups in total. The van der Waals surface area contributed by atoms with E-state index in [4.69, 9.17) is 4.42 Å². The number of nitrogens with zero attached hydrogens (tertiary/aromatic N) is 2. The third-order valence-electron chi connectivity index (χ3n) is 3.04. The number of para-hydroxylation sites is 1. The highest BCUT2D eigenvalue weighted by Crippen LogP contribution is 2.38. The SMILES string of the molecule is C=Cc1nc2ccccc2c([N+](=O)[O-])c1-c1ccco1. The average molecular weight is 266 g/mol. The number of furan rings is 1. The molecule has 0 bridgehead atoms. The number of hydrogen-bond acceptors (Lipinski definition) is 4. The Kier molecular flexibility index (Phi) is 2.80. The van der Waals surface area contributed by atoms with Crippen molar-refractivity contribution in [3.63, 3.8) is 0 Å². The quantitative estimate of drug-likeness (QED) is 0.529. The number of rotatable bonds is 3. The van der Waals surface area contributed by atoms with Crippen LogP contribution in [0.15, 0.2) is 53.7 Å². The molecular weight excluding hydrogens is 256 g/mol. The molecule has 2 aromatic heterocycles. The van der Waals surface area contributed by atoms with Crippen molar-refractivity contribution < 1.29 is 9.34 Å². The second-order valence-electron chi connectivity index (χ2n) is 4.18. The highest BCUT2D eigenvalue weighted by Gasteiger charge is 2.25. The van der Waals surface area contributed by atoms with Crippen LogP contribution in [-0.2, 0) is 0 Å². The number of fused-ring (bicyclic) bond motifs is 1. The molecule has 0 aliphatic rings. The normalized spacial score (nSPS) is 10.6. The van der Waals surface area contributed by atoms with Gasteiger partial charge < -0.3 is 4.42 Å². The van der Waals surface area contributed by atoms with Gasteiger partial charge in [-0.3, -0.25) is 10.1 Å². The van der Waals surface area contributed by atoms with E-state index in [0.29, 0.717) is 27.9 Å². The predicted molar refractivity (Wildman–Crippen MR) is 76.2 cm³/mol. The summed E-state index contributed by atoms with van der Waals surface area (Å²) < 4.78 is 5.31. The van der Waals surface area contributed by atoms with E-state index in [-0.39, 0.29) is 5.69 Å². The summed E-state index contributed by atoms with van der Waals surface area (Å²) in [6.45, 7) is 3.68. The Morgan fingerprint density at radius 2 is 2.05 bits per heavy atom. The van der Waals surface area contributed by atoms with Crippen molar-refractivity contribution in [3.8, 4) is 11.3 Å². The largest absolute Gasteiger partial charge is 0.464 e. The van der Waals surface area contributed by atoms with Crippen LogP contribution in [0.2, 0.25) is 0 Å². The van der Waals surface area contributed by atoms with Crippen molar-refractivity contribution in [2.24, 2.45) is 0 Å². The van der Waals surface area contributed by atoms with Gasteiger partial charge in [0.05, 0.1) is 27.8 Å². The Morgan fingerprint density at radius 1 is 1.25 bits per heavy atom. The molecule has 98 valence electrons. The van der Waals surface area contributed by atoms with Crippen LogP contribution in [-0.4, -0.2) is 9.91 Å². The molecule has 1 aromatic carbocycles. The Hall–Kier alpha value is -2.95. The lowest BCUT2D eigenvalue weighted by molar-refractivity contribution is -0.382. The van der Waals surface area contributed by atoms with Crippen molar-refractivity contribution in [2.75, 3.05) is 0 Å². The number of nitro groups is 1. The Bertz CT molecular complexity index is 807. The molecule has 0 unspecified atom stereocenters. The molecule has 0 fully saturated rings. The van der Waals surface area contributed by atoms with E-state index in [0.717, 1.165) is 0 Å². The molecule has 5 heteroatoms. The van der Waals surface area contributed by atoms with Crippen LogP contribution in [0.4, 0.5) is 5.69 Å². The molecule has 0 aliphatic carbocycles. The lowest BCUT2D eigenvalue weighted by atomic mass is 10.0. The standard InChI is InChI=1S/C15H10N2O3/c1-2-11-14(13-8-5-9-20-13)15(17(18)19)10-6-3-4-7-12(10)16-11/h2-9H,1H2. The lowest BCUT2D eigenvalue weighted by Gasteiger charge is -2.07. The highest BCUT2D eigenvalue weighted by atomic mass is 16.6. The van der Waals surface area contributed by atoms with E-state index < -0.39 is 4.92 Å². The highest BCUT2D eigenvalue weighted by molar-refractivity contribution is 5.97. The van der Waals surface area contributed by atoms with E-state index in [1.165, 1.54) is 12.3 Å². The molecule has 3 aromatic rings. The first-order valence-corrected chi connectivity index (χ1v) is 5.96. The van der Waals surface area contributed by atoms with Crippen LogP contribution >= 0.6 is 0 Å². The zero-order chi connectivity index (χ0) is 14.1. The second-order valence-corrected chi connectivity index (χ2v) is 4.18. The molecule has 0 radical (unpaired) electrons. The molecule has 0 amide bonds. The molecule has 0 saturated carbocycles. The molecule has 0 atom stereocenters. The first-order valence-electron chi connectivity index (χ1n) is 5.96. The van der Waals surface area contributed by atoms with E-state index >= 15 is 0 Å². The first kappa shape index (κ1) is 12.1. The molecule has 0 aliphatic heterocycles. The number of benzene rings is 1. The maximum atomic E-state index is 11.5. The molecular formula is C15H10N2O3. The number of pyridine rings is 1.